The minimum absolute atomic E-state index is 0.344. The predicted molar refractivity (Wildman–Crippen MR) is 218 cm³/mol. The van der Waals surface area contributed by atoms with Crippen molar-refractivity contribution in [3.05, 3.63) is 0 Å². The molecular formula is C38H86O22. The molecule has 0 aliphatic rings. The van der Waals surface area contributed by atoms with Gasteiger partial charge >= 0.3 is 5.97 Å². The average Bonchev–Trinajstić information content (AvgIpc) is 3.26. The summed E-state index contributed by atoms with van der Waals surface area (Å²) in [4.78, 5) is 10.3. The second kappa shape index (κ2) is 53.8. The summed E-state index contributed by atoms with van der Waals surface area (Å²) in [5.74, 6) is 0.212. The maximum absolute atomic E-state index is 10.3. The van der Waals surface area contributed by atoms with Crippen LogP contribution in [0.4, 0.5) is 0 Å². The van der Waals surface area contributed by atoms with E-state index >= 15 is 0 Å². The summed E-state index contributed by atoms with van der Waals surface area (Å²) in [6, 6.07) is 0. The van der Waals surface area contributed by atoms with Gasteiger partial charge in [-0.1, -0.05) is 90.9 Å². The van der Waals surface area contributed by atoms with Gasteiger partial charge < -0.3 is 107 Å². The van der Waals surface area contributed by atoms with Crippen molar-refractivity contribution in [2.24, 2.45) is 5.92 Å². The lowest BCUT2D eigenvalue weighted by atomic mass is 10.0. The minimum atomic E-state index is -1.22. The van der Waals surface area contributed by atoms with Crippen LogP contribution in [0.15, 0.2) is 0 Å². The van der Waals surface area contributed by atoms with Crippen LogP contribution >= 0.6 is 0 Å². The van der Waals surface area contributed by atoms with Crippen molar-refractivity contribution in [3.63, 3.8) is 0 Å². The van der Waals surface area contributed by atoms with Gasteiger partial charge in [0.05, 0.1) is 66.1 Å². The highest BCUT2D eigenvalue weighted by Gasteiger charge is 2.15. The van der Waals surface area contributed by atoms with Gasteiger partial charge in [-0.05, 0) is 12.3 Å². The first-order valence-electron chi connectivity index (χ1n) is 20.3. The van der Waals surface area contributed by atoms with Gasteiger partial charge in [0.15, 0.2) is 0 Å². The van der Waals surface area contributed by atoms with Gasteiger partial charge in [-0.2, -0.15) is 0 Å². The van der Waals surface area contributed by atoms with Gasteiger partial charge in [0.1, 0.15) is 61.0 Å². The molecule has 0 heterocycles. The standard InChI is InChI=1S/C18H36O2.5C4H10O4/c1-17(2)15-13-11-9-7-5-3-4-6-8-10-12-14-16-18(19)20;5*5-1-3(7)4(8)2-6/h17H,3-16H2,1-2H3,(H,19,20);5*3-8H,1-2H2/t;5*3-,4+. The predicted octanol–water partition coefficient (Wildman–Crippen LogP) is -5.35. The molecule has 0 unspecified atom stereocenters. The number of carboxylic acid groups (broad SMARTS) is 1. The van der Waals surface area contributed by atoms with Crippen molar-refractivity contribution >= 4 is 5.97 Å². The summed E-state index contributed by atoms with van der Waals surface area (Å²) >= 11 is 0. The molecule has 60 heavy (non-hydrogen) atoms. The van der Waals surface area contributed by atoms with Crippen LogP contribution in [0, 0.1) is 5.92 Å². The molecule has 22 nitrogen and oxygen atoms in total. The summed E-state index contributed by atoms with van der Waals surface area (Å²) < 4.78 is 0. The number of carboxylic acids is 1. The molecule has 0 aromatic heterocycles. The fraction of sp³-hybridized carbons (Fsp3) is 0.974. The molecular weight excluding hydrogens is 808 g/mol. The Morgan fingerprint density at radius 2 is 0.450 bits per heavy atom. The molecule has 0 rings (SSSR count). The van der Waals surface area contributed by atoms with E-state index in [9.17, 15) is 4.79 Å². The third-order valence-corrected chi connectivity index (χ3v) is 8.01. The van der Waals surface area contributed by atoms with E-state index in [1.807, 2.05) is 0 Å². The monoisotopic (exact) mass is 895 g/mol. The van der Waals surface area contributed by atoms with Crippen LogP contribution in [0.5, 0.6) is 0 Å². The van der Waals surface area contributed by atoms with E-state index in [-0.39, 0.29) is 0 Å². The van der Waals surface area contributed by atoms with Gasteiger partial charge in [0, 0.05) is 6.42 Å². The van der Waals surface area contributed by atoms with E-state index in [2.05, 4.69) is 13.8 Å². The van der Waals surface area contributed by atoms with Crippen molar-refractivity contribution in [2.75, 3.05) is 66.1 Å². The zero-order valence-electron chi connectivity index (χ0n) is 35.6. The Morgan fingerprint density at radius 1 is 0.300 bits per heavy atom. The van der Waals surface area contributed by atoms with Gasteiger partial charge in [-0.3, -0.25) is 4.79 Å². The van der Waals surface area contributed by atoms with E-state index in [1.54, 1.807) is 0 Å². The van der Waals surface area contributed by atoms with Crippen LogP contribution in [-0.2, 0) is 4.79 Å². The zero-order chi connectivity index (χ0) is 47.9. The molecule has 0 aromatic carbocycles. The number of aliphatic hydroxyl groups is 20. The Bertz CT molecular complexity index is 671. The maximum atomic E-state index is 10.3. The summed E-state index contributed by atoms with van der Waals surface area (Å²) in [6.45, 7) is -0.646. The largest absolute Gasteiger partial charge is 0.481 e. The molecule has 0 bridgehead atoms. The van der Waals surface area contributed by atoms with Crippen LogP contribution in [0.3, 0.4) is 0 Å². The average molecular weight is 895 g/mol. The van der Waals surface area contributed by atoms with E-state index in [0.717, 1.165) is 18.8 Å². The molecule has 0 saturated carbocycles. The molecule has 10 atom stereocenters. The van der Waals surface area contributed by atoms with E-state index in [0.29, 0.717) is 6.42 Å². The Hall–Kier alpha value is -1.33. The van der Waals surface area contributed by atoms with Crippen molar-refractivity contribution in [1.82, 2.24) is 0 Å². The van der Waals surface area contributed by atoms with Crippen LogP contribution in [0.2, 0.25) is 0 Å². The Morgan fingerprint density at radius 3 is 0.583 bits per heavy atom. The Kier molecular flexibility index (Phi) is 63.1. The zero-order valence-corrected chi connectivity index (χ0v) is 35.6. The van der Waals surface area contributed by atoms with Gasteiger partial charge in [-0.15, -0.1) is 0 Å². The van der Waals surface area contributed by atoms with Crippen molar-refractivity contribution in [2.45, 2.75) is 165 Å². The number of aliphatic carboxylic acids is 1. The topological polar surface area (TPSA) is 442 Å². The van der Waals surface area contributed by atoms with Crippen LogP contribution in [0.1, 0.15) is 104 Å². The first-order chi connectivity index (χ1) is 28.2. The number of hydrogen-bond acceptors (Lipinski definition) is 21. The molecule has 0 fully saturated rings. The van der Waals surface area contributed by atoms with Crippen molar-refractivity contribution in [1.29, 1.82) is 0 Å². The first-order valence-corrected chi connectivity index (χ1v) is 20.3. The molecule has 0 aromatic rings. The van der Waals surface area contributed by atoms with Crippen LogP contribution in [0.25, 0.3) is 0 Å². The highest BCUT2D eigenvalue weighted by atomic mass is 16.4. The molecule has 22 heteroatoms. The molecule has 0 amide bonds. The van der Waals surface area contributed by atoms with Gasteiger partial charge in [-0.25, -0.2) is 0 Å². The molecule has 0 saturated heterocycles. The SMILES string of the molecule is CC(C)CCCCCCCCCCCCCCC(=O)O.OC[C@@H](O)[C@@H](O)CO.OC[C@@H](O)[C@@H](O)CO.OC[C@@H](O)[C@@H](O)CO.OC[C@@H](O)[C@@H](O)CO.OC[C@@H](O)[C@@H](O)CO. The van der Waals surface area contributed by atoms with E-state index < -0.39 is 133 Å². The Balaban J connectivity index is -0.000000155. The molecule has 0 radical (unpaired) electrons. The maximum Gasteiger partial charge on any atom is 0.303 e. The molecule has 0 spiro atoms. The highest BCUT2D eigenvalue weighted by Crippen LogP contribution is 2.14. The number of rotatable bonds is 30. The molecule has 0 aliphatic heterocycles. The van der Waals surface area contributed by atoms with E-state index in [4.69, 9.17) is 107 Å². The van der Waals surface area contributed by atoms with Crippen LogP contribution < -0.4 is 0 Å². The smallest absolute Gasteiger partial charge is 0.303 e. The van der Waals surface area contributed by atoms with Crippen LogP contribution in [-0.4, -0.2) is 240 Å². The fourth-order valence-electron chi connectivity index (χ4n) is 3.81. The quantitative estimate of drug-likeness (QED) is 0.0299. The summed E-state index contributed by atoms with van der Waals surface area (Å²) in [7, 11) is 0. The lowest BCUT2D eigenvalue weighted by Crippen LogP contribution is -2.31. The lowest BCUT2D eigenvalue weighted by Gasteiger charge is -2.10. The second-order valence-corrected chi connectivity index (χ2v) is 14.1. The summed E-state index contributed by atoms with van der Waals surface area (Å²) in [6.07, 6.45) is 5.10. The van der Waals surface area contributed by atoms with Crippen molar-refractivity contribution < 1.29 is 112 Å². The number of unbranched alkanes of at least 4 members (excludes halogenated alkanes) is 11. The third-order valence-electron chi connectivity index (χ3n) is 8.01. The molecule has 370 valence electrons. The van der Waals surface area contributed by atoms with E-state index in [1.165, 1.54) is 70.6 Å². The molecule has 21 N–H and O–H groups in total. The van der Waals surface area contributed by atoms with Crippen molar-refractivity contribution in [3.8, 4) is 0 Å². The Labute approximate surface area is 354 Å². The number of hydrogen-bond donors (Lipinski definition) is 21. The summed E-state index contributed by atoms with van der Waals surface area (Å²) in [5, 5.41) is 174. The number of aliphatic hydroxyl groups excluding tert-OH is 20. The third kappa shape index (κ3) is 56.7. The van der Waals surface area contributed by atoms with Gasteiger partial charge in [0.2, 0.25) is 0 Å². The second-order valence-electron chi connectivity index (χ2n) is 14.1. The normalized spacial score (nSPS) is 15.7. The summed E-state index contributed by atoms with van der Waals surface area (Å²) in [5.41, 5.74) is 0. The highest BCUT2D eigenvalue weighted by molar-refractivity contribution is 5.66. The minimum Gasteiger partial charge on any atom is -0.481 e. The van der Waals surface area contributed by atoms with Gasteiger partial charge in [0.25, 0.3) is 0 Å². The first kappa shape index (κ1) is 70.3. The molecule has 0 aliphatic carbocycles. The number of carbonyl (C=O) groups is 1. The lowest BCUT2D eigenvalue weighted by molar-refractivity contribution is -0.137. The fourth-order valence-corrected chi connectivity index (χ4v) is 3.81.